The largest absolute Gasteiger partial charge is 0.487 e. The van der Waals surface area contributed by atoms with E-state index in [4.69, 9.17) is 23.6 Å². The fourth-order valence-corrected chi connectivity index (χ4v) is 5.58. The molecular formula is C29H38N2O5. The highest BCUT2D eigenvalue weighted by atomic mass is 16.7. The van der Waals surface area contributed by atoms with E-state index in [1.807, 2.05) is 0 Å². The molecule has 4 heterocycles. The maximum Gasteiger partial charge on any atom is 0.227 e. The van der Waals surface area contributed by atoms with Crippen LogP contribution in [0.1, 0.15) is 79.6 Å². The Balaban J connectivity index is 1.10. The summed E-state index contributed by atoms with van der Waals surface area (Å²) in [5.41, 5.74) is 6.44. The maximum absolute atomic E-state index is 12.4. The molecule has 36 heavy (non-hydrogen) atoms. The van der Waals surface area contributed by atoms with Crippen LogP contribution in [0.4, 0.5) is 0 Å². The Bertz CT molecular complexity index is 1240. The molecule has 5 rings (SSSR count). The molecule has 3 aromatic heterocycles. The Labute approximate surface area is 212 Å². The van der Waals surface area contributed by atoms with E-state index in [1.165, 1.54) is 53.8 Å². The number of hydrogen-bond donors (Lipinski definition) is 0. The molecule has 2 aliphatic rings. The van der Waals surface area contributed by atoms with Crippen LogP contribution in [0, 0.1) is 13.8 Å². The van der Waals surface area contributed by atoms with Gasteiger partial charge in [-0.15, -0.1) is 0 Å². The standard InChI is InChI=1S/C29H38N2O5/c1-20-16-21(2)30-29-28(20)23-10-4-5-11-24(23)31(29)13-7-3-8-14-33-26-19-35-22(17-25(26)32)18-36-27-12-6-9-15-34-27/h16-17,19,27H,3-15,18H2,1-2H3. The number of nitrogens with zero attached hydrogens (tertiary/aromatic N) is 2. The summed E-state index contributed by atoms with van der Waals surface area (Å²) in [5.74, 6) is 0.746. The summed E-state index contributed by atoms with van der Waals surface area (Å²) in [6.45, 7) is 6.73. The fraction of sp³-hybridized carbons (Fsp3) is 0.586. The molecule has 0 N–H and O–H groups in total. The Morgan fingerprint density at radius 2 is 1.97 bits per heavy atom. The van der Waals surface area contributed by atoms with E-state index in [0.717, 1.165) is 69.4 Å². The van der Waals surface area contributed by atoms with Crippen LogP contribution in [0.3, 0.4) is 0 Å². The Morgan fingerprint density at radius 1 is 1.08 bits per heavy atom. The number of fused-ring (bicyclic) bond motifs is 3. The van der Waals surface area contributed by atoms with Crippen molar-refractivity contribution in [1.82, 2.24) is 9.55 Å². The monoisotopic (exact) mass is 494 g/mol. The molecular weight excluding hydrogens is 456 g/mol. The van der Waals surface area contributed by atoms with Gasteiger partial charge in [-0.25, -0.2) is 4.98 Å². The van der Waals surface area contributed by atoms with Gasteiger partial charge in [0.15, 0.2) is 6.29 Å². The van der Waals surface area contributed by atoms with Crippen LogP contribution < -0.4 is 10.2 Å². The highest BCUT2D eigenvalue weighted by Gasteiger charge is 2.22. The van der Waals surface area contributed by atoms with Crippen LogP contribution in [0.2, 0.25) is 0 Å². The fourth-order valence-electron chi connectivity index (χ4n) is 5.58. The molecule has 0 radical (unpaired) electrons. The van der Waals surface area contributed by atoms with E-state index >= 15 is 0 Å². The van der Waals surface area contributed by atoms with Crippen molar-refractivity contribution in [3.8, 4) is 5.75 Å². The van der Waals surface area contributed by atoms with Gasteiger partial charge >= 0.3 is 0 Å². The number of aryl methyl sites for hydroxylation is 4. The van der Waals surface area contributed by atoms with E-state index < -0.39 is 0 Å². The SMILES string of the molecule is Cc1cc(C)c2c3c(n(CCCCCOc4coc(COC5CCCCO5)cc4=O)c2n1)CCCC3. The predicted octanol–water partition coefficient (Wildman–Crippen LogP) is 5.78. The molecule has 0 saturated carbocycles. The molecule has 1 unspecified atom stereocenters. The molecule has 7 nitrogen and oxygen atoms in total. The van der Waals surface area contributed by atoms with Gasteiger partial charge in [0.25, 0.3) is 0 Å². The lowest BCUT2D eigenvalue weighted by Gasteiger charge is -2.22. The Morgan fingerprint density at radius 3 is 2.81 bits per heavy atom. The molecule has 0 aromatic carbocycles. The van der Waals surface area contributed by atoms with Gasteiger partial charge in [-0.3, -0.25) is 4.79 Å². The maximum atomic E-state index is 12.4. The minimum absolute atomic E-state index is 0.174. The number of aromatic nitrogens is 2. The zero-order valence-corrected chi connectivity index (χ0v) is 21.6. The Kier molecular flexibility index (Phi) is 8.07. The van der Waals surface area contributed by atoms with Gasteiger partial charge in [-0.2, -0.15) is 0 Å². The lowest BCUT2D eigenvalue weighted by atomic mass is 9.94. The van der Waals surface area contributed by atoms with Crippen LogP contribution in [-0.4, -0.2) is 29.1 Å². The summed E-state index contributed by atoms with van der Waals surface area (Å²) in [7, 11) is 0. The second kappa shape index (κ2) is 11.6. The molecule has 0 spiro atoms. The number of ether oxygens (including phenoxy) is 3. The number of unbranched alkanes of at least 4 members (excludes halogenated alkanes) is 2. The Hall–Kier alpha value is -2.64. The quantitative estimate of drug-likeness (QED) is 0.333. The smallest absolute Gasteiger partial charge is 0.227 e. The van der Waals surface area contributed by atoms with Gasteiger partial charge in [0, 0.05) is 36.0 Å². The van der Waals surface area contributed by atoms with Crippen molar-refractivity contribution in [2.24, 2.45) is 0 Å². The highest BCUT2D eigenvalue weighted by molar-refractivity contribution is 5.86. The van der Waals surface area contributed by atoms with Crippen LogP contribution in [0.25, 0.3) is 11.0 Å². The van der Waals surface area contributed by atoms with Gasteiger partial charge in [0.2, 0.25) is 11.2 Å². The molecule has 1 fully saturated rings. The number of rotatable bonds is 10. The highest BCUT2D eigenvalue weighted by Crippen LogP contribution is 2.34. The average Bonchev–Trinajstić information content (AvgIpc) is 3.20. The molecule has 1 atom stereocenters. The molecule has 194 valence electrons. The van der Waals surface area contributed by atoms with Crippen molar-refractivity contribution in [1.29, 1.82) is 0 Å². The van der Waals surface area contributed by atoms with Gasteiger partial charge in [0.05, 0.1) is 6.61 Å². The number of hydrogen-bond acceptors (Lipinski definition) is 6. The van der Waals surface area contributed by atoms with Crippen molar-refractivity contribution >= 4 is 11.0 Å². The summed E-state index contributed by atoms with van der Waals surface area (Å²) in [6.07, 6.45) is 12.1. The molecule has 1 aliphatic carbocycles. The third-order valence-corrected chi connectivity index (χ3v) is 7.33. The summed E-state index contributed by atoms with van der Waals surface area (Å²) in [5, 5.41) is 1.38. The first kappa shape index (κ1) is 25.0. The summed E-state index contributed by atoms with van der Waals surface area (Å²) in [6, 6.07) is 3.66. The topological polar surface area (TPSA) is 75.7 Å². The second-order valence-corrected chi connectivity index (χ2v) is 10.2. The first-order chi connectivity index (χ1) is 17.6. The normalized spacial score (nSPS) is 17.9. The zero-order valence-electron chi connectivity index (χ0n) is 21.6. The first-order valence-electron chi connectivity index (χ1n) is 13.6. The van der Waals surface area contributed by atoms with Gasteiger partial charge in [-0.1, -0.05) is 0 Å². The third-order valence-electron chi connectivity index (χ3n) is 7.33. The lowest BCUT2D eigenvalue weighted by molar-refractivity contribution is -0.171. The van der Waals surface area contributed by atoms with E-state index in [-0.39, 0.29) is 24.1 Å². The molecule has 0 bridgehead atoms. The lowest BCUT2D eigenvalue weighted by Crippen LogP contribution is -2.22. The molecule has 0 amide bonds. The van der Waals surface area contributed by atoms with Crippen molar-refractivity contribution in [3.05, 3.63) is 56.9 Å². The van der Waals surface area contributed by atoms with Crippen molar-refractivity contribution in [2.75, 3.05) is 13.2 Å². The van der Waals surface area contributed by atoms with E-state index in [0.29, 0.717) is 12.4 Å². The van der Waals surface area contributed by atoms with Crippen LogP contribution in [-0.2, 0) is 35.5 Å². The molecule has 1 aliphatic heterocycles. The second-order valence-electron chi connectivity index (χ2n) is 10.2. The van der Waals surface area contributed by atoms with Crippen molar-refractivity contribution < 1.29 is 18.6 Å². The average molecular weight is 495 g/mol. The summed E-state index contributed by atoms with van der Waals surface area (Å²) in [4.78, 5) is 17.3. The van der Waals surface area contributed by atoms with Crippen molar-refractivity contribution in [3.63, 3.8) is 0 Å². The van der Waals surface area contributed by atoms with Gasteiger partial charge < -0.3 is 23.2 Å². The summed E-state index contributed by atoms with van der Waals surface area (Å²) >= 11 is 0. The number of pyridine rings is 1. The zero-order chi connectivity index (χ0) is 24.9. The van der Waals surface area contributed by atoms with E-state index in [9.17, 15) is 4.79 Å². The first-order valence-corrected chi connectivity index (χ1v) is 13.6. The summed E-state index contributed by atoms with van der Waals surface area (Å²) < 4.78 is 25.0. The third kappa shape index (κ3) is 5.68. The van der Waals surface area contributed by atoms with E-state index in [1.54, 1.807) is 0 Å². The van der Waals surface area contributed by atoms with E-state index in [2.05, 4.69) is 24.5 Å². The van der Waals surface area contributed by atoms with Crippen LogP contribution in [0.15, 0.2) is 27.6 Å². The van der Waals surface area contributed by atoms with Crippen LogP contribution in [0.5, 0.6) is 5.75 Å². The molecule has 3 aromatic rings. The molecule has 7 heteroatoms. The van der Waals surface area contributed by atoms with Crippen LogP contribution >= 0.6 is 0 Å². The minimum atomic E-state index is -0.209. The van der Waals surface area contributed by atoms with Crippen molar-refractivity contribution in [2.45, 2.75) is 97.5 Å². The van der Waals surface area contributed by atoms with Gasteiger partial charge in [0.1, 0.15) is 24.3 Å². The van der Waals surface area contributed by atoms with Gasteiger partial charge in [-0.05, 0) is 95.2 Å². The predicted molar refractivity (Wildman–Crippen MR) is 139 cm³/mol. The minimum Gasteiger partial charge on any atom is -0.487 e. The molecule has 1 saturated heterocycles.